The molecule has 0 aromatic heterocycles. The summed E-state index contributed by atoms with van der Waals surface area (Å²) in [5.74, 6) is 0. The van der Waals surface area contributed by atoms with E-state index in [2.05, 4.69) is 21.2 Å². The number of carbonyl (C=O) groups excluding carboxylic acids is 1. The quantitative estimate of drug-likeness (QED) is 0.839. The molecule has 0 saturated carbocycles. The van der Waals surface area contributed by atoms with Gasteiger partial charge < -0.3 is 10.2 Å². The first-order chi connectivity index (χ1) is 6.91. The molecular formula is C9H9BrCl2N2O. The Balaban J connectivity index is 3.00. The number of rotatable bonds is 1. The Morgan fingerprint density at radius 2 is 1.80 bits per heavy atom. The molecule has 1 N–H and O–H groups in total. The van der Waals surface area contributed by atoms with Gasteiger partial charge in [0.25, 0.3) is 0 Å². The van der Waals surface area contributed by atoms with E-state index in [9.17, 15) is 4.79 Å². The Morgan fingerprint density at radius 3 is 2.20 bits per heavy atom. The van der Waals surface area contributed by atoms with Crippen molar-refractivity contribution in [2.45, 2.75) is 0 Å². The van der Waals surface area contributed by atoms with Crippen LogP contribution in [0.15, 0.2) is 16.6 Å². The maximum Gasteiger partial charge on any atom is 0.321 e. The van der Waals surface area contributed by atoms with Crippen LogP contribution in [-0.2, 0) is 0 Å². The second kappa shape index (κ2) is 5.05. The highest BCUT2D eigenvalue weighted by Crippen LogP contribution is 2.33. The van der Waals surface area contributed by atoms with Crippen LogP contribution >= 0.6 is 39.1 Å². The molecule has 3 nitrogen and oxygen atoms in total. The Hall–Kier alpha value is -0.450. The number of urea groups is 1. The highest BCUT2D eigenvalue weighted by Gasteiger charge is 2.11. The van der Waals surface area contributed by atoms with Crippen molar-refractivity contribution in [2.75, 3.05) is 19.4 Å². The summed E-state index contributed by atoms with van der Waals surface area (Å²) >= 11 is 15.1. The molecule has 0 radical (unpaired) electrons. The van der Waals surface area contributed by atoms with Crippen LogP contribution in [0.25, 0.3) is 0 Å². The molecule has 1 aromatic carbocycles. The number of benzene rings is 1. The summed E-state index contributed by atoms with van der Waals surface area (Å²) in [6, 6.07) is 3.05. The Kier molecular flexibility index (Phi) is 4.25. The highest BCUT2D eigenvalue weighted by molar-refractivity contribution is 9.10. The van der Waals surface area contributed by atoms with Crippen LogP contribution < -0.4 is 5.32 Å². The predicted molar refractivity (Wildman–Crippen MR) is 66.9 cm³/mol. The normalized spacial score (nSPS) is 9.93. The summed E-state index contributed by atoms with van der Waals surface area (Å²) in [5.41, 5.74) is 0.417. The van der Waals surface area contributed by atoms with Gasteiger partial charge in [0.15, 0.2) is 0 Å². The number of nitrogens with zero attached hydrogens (tertiary/aromatic N) is 1. The summed E-state index contributed by atoms with van der Waals surface area (Å²) in [7, 11) is 3.27. The van der Waals surface area contributed by atoms with Crippen LogP contribution in [0.5, 0.6) is 0 Å². The fourth-order valence-corrected chi connectivity index (χ4v) is 2.18. The van der Waals surface area contributed by atoms with Crippen molar-refractivity contribution in [3.8, 4) is 0 Å². The van der Waals surface area contributed by atoms with Gasteiger partial charge in [-0.05, 0) is 12.1 Å². The molecule has 0 heterocycles. The third-order valence-corrected chi connectivity index (χ3v) is 2.70. The Morgan fingerprint density at radius 1 is 1.33 bits per heavy atom. The van der Waals surface area contributed by atoms with E-state index in [1.165, 1.54) is 4.90 Å². The maximum atomic E-state index is 11.4. The van der Waals surface area contributed by atoms with Gasteiger partial charge >= 0.3 is 6.03 Å². The van der Waals surface area contributed by atoms with Crippen molar-refractivity contribution in [1.29, 1.82) is 0 Å². The van der Waals surface area contributed by atoms with Gasteiger partial charge in [0.05, 0.1) is 15.7 Å². The molecule has 2 amide bonds. The Labute approximate surface area is 106 Å². The lowest BCUT2D eigenvalue weighted by atomic mass is 10.3. The first-order valence-corrected chi connectivity index (χ1v) is 5.59. The van der Waals surface area contributed by atoms with Crippen molar-refractivity contribution < 1.29 is 4.79 Å². The van der Waals surface area contributed by atoms with E-state index in [-0.39, 0.29) is 6.03 Å². The molecule has 0 aliphatic carbocycles. The second-order valence-electron chi connectivity index (χ2n) is 3.07. The van der Waals surface area contributed by atoms with Gasteiger partial charge in [-0.25, -0.2) is 4.79 Å². The van der Waals surface area contributed by atoms with Crippen molar-refractivity contribution in [2.24, 2.45) is 0 Å². The zero-order valence-electron chi connectivity index (χ0n) is 8.14. The average molecular weight is 312 g/mol. The molecule has 0 fully saturated rings. The first-order valence-electron chi connectivity index (χ1n) is 4.04. The van der Waals surface area contributed by atoms with Crippen LogP contribution in [0.3, 0.4) is 0 Å². The maximum absolute atomic E-state index is 11.4. The largest absolute Gasteiger partial charge is 0.331 e. The Bertz CT molecular complexity index is 373. The summed E-state index contributed by atoms with van der Waals surface area (Å²) in [6.07, 6.45) is 0. The molecule has 6 heteroatoms. The number of carbonyl (C=O) groups is 1. The van der Waals surface area contributed by atoms with Crippen molar-refractivity contribution in [1.82, 2.24) is 4.90 Å². The highest BCUT2D eigenvalue weighted by atomic mass is 79.9. The number of hydrogen-bond acceptors (Lipinski definition) is 1. The average Bonchev–Trinajstić information content (AvgIpc) is 2.10. The van der Waals surface area contributed by atoms with Gasteiger partial charge in [-0.15, -0.1) is 0 Å². The van der Waals surface area contributed by atoms with E-state index >= 15 is 0 Å². The predicted octanol–water partition coefficient (Wildman–Crippen LogP) is 3.85. The fraction of sp³-hybridized carbons (Fsp3) is 0.222. The molecular weight excluding hydrogens is 303 g/mol. The SMILES string of the molecule is CN(C)C(=O)Nc1c(Cl)cc(Br)cc1Cl. The summed E-state index contributed by atoms with van der Waals surface area (Å²) in [5, 5.41) is 3.39. The molecule has 1 aromatic rings. The first kappa shape index (κ1) is 12.6. The lowest BCUT2D eigenvalue weighted by molar-refractivity contribution is 0.230. The van der Waals surface area contributed by atoms with Crippen LogP contribution in [0.2, 0.25) is 10.0 Å². The molecule has 0 atom stereocenters. The smallest absolute Gasteiger partial charge is 0.321 e. The second-order valence-corrected chi connectivity index (χ2v) is 4.80. The monoisotopic (exact) mass is 310 g/mol. The molecule has 82 valence electrons. The molecule has 0 bridgehead atoms. The van der Waals surface area contributed by atoms with Crippen molar-refractivity contribution in [3.63, 3.8) is 0 Å². The molecule has 15 heavy (non-hydrogen) atoms. The van der Waals surface area contributed by atoms with Gasteiger partial charge in [-0.1, -0.05) is 39.1 Å². The summed E-state index contributed by atoms with van der Waals surface area (Å²) in [6.45, 7) is 0. The van der Waals surface area contributed by atoms with Gasteiger partial charge in [0, 0.05) is 18.6 Å². The number of nitrogens with one attached hydrogen (secondary N) is 1. The van der Waals surface area contributed by atoms with Crippen molar-refractivity contribution >= 4 is 50.9 Å². The van der Waals surface area contributed by atoms with Gasteiger partial charge in [0.1, 0.15) is 0 Å². The lowest BCUT2D eigenvalue weighted by Gasteiger charge is -2.14. The minimum atomic E-state index is -0.277. The zero-order chi connectivity index (χ0) is 11.6. The van der Waals surface area contributed by atoms with E-state index in [4.69, 9.17) is 23.2 Å². The van der Waals surface area contributed by atoms with Crippen LogP contribution in [0.4, 0.5) is 10.5 Å². The van der Waals surface area contributed by atoms with E-state index < -0.39 is 0 Å². The molecule has 1 rings (SSSR count). The van der Waals surface area contributed by atoms with E-state index in [1.54, 1.807) is 26.2 Å². The number of amides is 2. The minimum Gasteiger partial charge on any atom is -0.331 e. The summed E-state index contributed by atoms with van der Waals surface area (Å²) < 4.78 is 0.764. The number of halogens is 3. The zero-order valence-corrected chi connectivity index (χ0v) is 11.2. The van der Waals surface area contributed by atoms with Gasteiger partial charge in [0.2, 0.25) is 0 Å². The molecule has 0 unspecified atom stereocenters. The van der Waals surface area contributed by atoms with E-state index in [1.807, 2.05) is 0 Å². The van der Waals surface area contributed by atoms with Crippen LogP contribution in [0, 0.1) is 0 Å². The molecule has 0 spiro atoms. The van der Waals surface area contributed by atoms with Gasteiger partial charge in [-0.3, -0.25) is 0 Å². The fourth-order valence-electron chi connectivity index (χ4n) is 0.880. The van der Waals surface area contributed by atoms with E-state index in [0.717, 1.165) is 4.47 Å². The third-order valence-electron chi connectivity index (χ3n) is 1.64. The minimum absolute atomic E-state index is 0.277. The lowest BCUT2D eigenvalue weighted by Crippen LogP contribution is -2.27. The van der Waals surface area contributed by atoms with Gasteiger partial charge in [-0.2, -0.15) is 0 Å². The molecule has 0 saturated heterocycles. The third kappa shape index (κ3) is 3.26. The number of hydrogen-bond donors (Lipinski definition) is 1. The van der Waals surface area contributed by atoms with E-state index in [0.29, 0.717) is 15.7 Å². The summed E-state index contributed by atoms with van der Waals surface area (Å²) in [4.78, 5) is 12.8. The van der Waals surface area contributed by atoms with Crippen molar-refractivity contribution in [3.05, 3.63) is 26.7 Å². The molecule has 0 aliphatic rings. The standard InChI is InChI=1S/C9H9BrCl2N2O/c1-14(2)9(15)13-8-6(11)3-5(10)4-7(8)12/h3-4H,1-2H3,(H,13,15). The number of anilines is 1. The van der Waals surface area contributed by atoms with Crippen LogP contribution in [0.1, 0.15) is 0 Å². The van der Waals surface area contributed by atoms with Crippen LogP contribution in [-0.4, -0.2) is 25.0 Å². The molecule has 0 aliphatic heterocycles. The topological polar surface area (TPSA) is 32.3 Å².